The summed E-state index contributed by atoms with van der Waals surface area (Å²) < 4.78 is 12.9. The average molecular weight is 364 g/mol. The standard InChI is InChI=1S/C21H21FN4O/c22-18-10-8-17(9-11-18)15-24-21(27)19-12-13-20(26-25-19)23-14-4-7-16-5-2-1-3-6-16/h1-3,5-6,8-13H,4,7,14-15H2,(H,23,26)(H,24,27). The van der Waals surface area contributed by atoms with E-state index >= 15 is 0 Å². The van der Waals surface area contributed by atoms with Crippen LogP contribution in [0.2, 0.25) is 0 Å². The third-order valence-electron chi connectivity index (χ3n) is 4.05. The third kappa shape index (κ3) is 5.88. The second kappa shape index (κ2) is 9.43. The van der Waals surface area contributed by atoms with Crippen LogP contribution in [-0.4, -0.2) is 22.6 Å². The number of carbonyl (C=O) groups excluding carboxylic acids is 1. The molecule has 1 aromatic heterocycles. The number of rotatable bonds is 8. The number of amides is 1. The molecule has 0 spiro atoms. The minimum absolute atomic E-state index is 0.243. The highest BCUT2D eigenvalue weighted by Gasteiger charge is 2.08. The number of nitrogens with one attached hydrogen (secondary N) is 2. The highest BCUT2D eigenvalue weighted by Crippen LogP contribution is 2.06. The van der Waals surface area contributed by atoms with E-state index in [-0.39, 0.29) is 17.4 Å². The van der Waals surface area contributed by atoms with E-state index in [1.54, 1.807) is 24.3 Å². The van der Waals surface area contributed by atoms with E-state index in [1.165, 1.54) is 17.7 Å². The lowest BCUT2D eigenvalue weighted by atomic mass is 10.1. The Morgan fingerprint density at radius 1 is 0.889 bits per heavy atom. The van der Waals surface area contributed by atoms with Gasteiger partial charge in [-0.3, -0.25) is 4.79 Å². The van der Waals surface area contributed by atoms with Gasteiger partial charge in [-0.1, -0.05) is 42.5 Å². The van der Waals surface area contributed by atoms with Crippen molar-refractivity contribution < 1.29 is 9.18 Å². The molecule has 0 saturated heterocycles. The maximum Gasteiger partial charge on any atom is 0.272 e. The van der Waals surface area contributed by atoms with Crippen molar-refractivity contribution in [3.63, 3.8) is 0 Å². The van der Waals surface area contributed by atoms with Gasteiger partial charge >= 0.3 is 0 Å². The summed E-state index contributed by atoms with van der Waals surface area (Å²) in [4.78, 5) is 12.1. The van der Waals surface area contributed by atoms with Crippen LogP contribution in [0.4, 0.5) is 10.2 Å². The first-order valence-corrected chi connectivity index (χ1v) is 8.85. The van der Waals surface area contributed by atoms with Crippen LogP contribution in [0.5, 0.6) is 0 Å². The number of carbonyl (C=O) groups is 1. The van der Waals surface area contributed by atoms with Crippen molar-refractivity contribution in [3.05, 3.63) is 89.4 Å². The van der Waals surface area contributed by atoms with Gasteiger partial charge in [0.25, 0.3) is 5.91 Å². The second-order valence-corrected chi connectivity index (χ2v) is 6.13. The predicted molar refractivity (Wildman–Crippen MR) is 103 cm³/mol. The first-order chi connectivity index (χ1) is 13.2. The van der Waals surface area contributed by atoms with Gasteiger partial charge in [0.15, 0.2) is 5.69 Å². The SMILES string of the molecule is O=C(NCc1ccc(F)cc1)c1ccc(NCCCc2ccccc2)nn1. The average Bonchev–Trinajstić information content (AvgIpc) is 2.72. The maximum absolute atomic E-state index is 12.9. The van der Waals surface area contributed by atoms with Crippen molar-refractivity contribution >= 4 is 11.7 Å². The third-order valence-corrected chi connectivity index (χ3v) is 4.05. The zero-order valence-electron chi connectivity index (χ0n) is 14.9. The summed E-state index contributed by atoms with van der Waals surface area (Å²) in [7, 11) is 0. The Morgan fingerprint density at radius 2 is 1.67 bits per heavy atom. The van der Waals surface area contributed by atoms with E-state index in [4.69, 9.17) is 0 Å². The molecular formula is C21H21FN4O. The molecule has 3 rings (SSSR count). The van der Waals surface area contributed by atoms with Gasteiger partial charge in [0, 0.05) is 13.1 Å². The van der Waals surface area contributed by atoms with E-state index in [9.17, 15) is 9.18 Å². The topological polar surface area (TPSA) is 66.9 Å². The number of aryl methyl sites for hydroxylation is 1. The van der Waals surface area contributed by atoms with Gasteiger partial charge in [0.05, 0.1) is 0 Å². The summed E-state index contributed by atoms with van der Waals surface area (Å²) in [5.41, 5.74) is 2.36. The van der Waals surface area contributed by atoms with Gasteiger partial charge in [-0.05, 0) is 48.2 Å². The molecule has 3 aromatic rings. The van der Waals surface area contributed by atoms with E-state index < -0.39 is 0 Å². The van der Waals surface area contributed by atoms with Crippen LogP contribution in [0.1, 0.15) is 28.0 Å². The van der Waals surface area contributed by atoms with E-state index in [0.29, 0.717) is 12.4 Å². The zero-order chi connectivity index (χ0) is 18.9. The molecule has 6 heteroatoms. The largest absolute Gasteiger partial charge is 0.369 e. The first-order valence-electron chi connectivity index (χ1n) is 8.85. The summed E-state index contributed by atoms with van der Waals surface area (Å²) in [5, 5.41) is 13.9. The van der Waals surface area contributed by atoms with Crippen molar-refractivity contribution in [2.24, 2.45) is 0 Å². The highest BCUT2D eigenvalue weighted by atomic mass is 19.1. The number of hydrogen-bond acceptors (Lipinski definition) is 4. The molecule has 0 radical (unpaired) electrons. The van der Waals surface area contributed by atoms with E-state index in [2.05, 4.69) is 33.0 Å². The number of aromatic nitrogens is 2. The molecule has 0 fully saturated rings. The van der Waals surface area contributed by atoms with Crippen molar-refractivity contribution in [2.75, 3.05) is 11.9 Å². The quantitative estimate of drug-likeness (QED) is 0.600. The summed E-state index contributed by atoms with van der Waals surface area (Å²) in [6.07, 6.45) is 1.97. The van der Waals surface area contributed by atoms with Crippen LogP contribution in [0.3, 0.4) is 0 Å². The highest BCUT2D eigenvalue weighted by molar-refractivity contribution is 5.92. The van der Waals surface area contributed by atoms with Gasteiger partial charge in [0.2, 0.25) is 0 Å². The normalized spacial score (nSPS) is 10.4. The maximum atomic E-state index is 12.9. The van der Waals surface area contributed by atoms with Gasteiger partial charge in [-0.25, -0.2) is 4.39 Å². The van der Waals surface area contributed by atoms with Gasteiger partial charge < -0.3 is 10.6 Å². The molecule has 0 saturated carbocycles. The molecule has 0 bridgehead atoms. The lowest BCUT2D eigenvalue weighted by Gasteiger charge is -2.07. The van der Waals surface area contributed by atoms with Gasteiger partial charge in [-0.2, -0.15) is 0 Å². The smallest absolute Gasteiger partial charge is 0.272 e. The first kappa shape index (κ1) is 18.5. The number of anilines is 1. The molecule has 2 N–H and O–H groups in total. The molecule has 0 atom stereocenters. The molecule has 5 nitrogen and oxygen atoms in total. The molecule has 0 aliphatic carbocycles. The lowest BCUT2D eigenvalue weighted by Crippen LogP contribution is -2.24. The minimum atomic E-state index is -0.317. The Bertz CT molecular complexity index is 852. The Labute approximate surface area is 157 Å². The van der Waals surface area contributed by atoms with Crippen LogP contribution < -0.4 is 10.6 Å². The van der Waals surface area contributed by atoms with Gasteiger partial charge in [-0.15, -0.1) is 10.2 Å². The molecular weight excluding hydrogens is 343 g/mol. The van der Waals surface area contributed by atoms with Crippen molar-refractivity contribution in [3.8, 4) is 0 Å². The van der Waals surface area contributed by atoms with Crippen LogP contribution >= 0.6 is 0 Å². The lowest BCUT2D eigenvalue weighted by molar-refractivity contribution is 0.0945. The zero-order valence-corrected chi connectivity index (χ0v) is 14.9. The van der Waals surface area contributed by atoms with Crippen LogP contribution in [0, 0.1) is 5.82 Å². The Morgan fingerprint density at radius 3 is 2.37 bits per heavy atom. The molecule has 0 aliphatic rings. The monoisotopic (exact) mass is 364 g/mol. The Balaban J connectivity index is 1.42. The molecule has 1 amide bonds. The number of benzene rings is 2. The van der Waals surface area contributed by atoms with Crippen LogP contribution in [0.15, 0.2) is 66.7 Å². The van der Waals surface area contributed by atoms with E-state index in [0.717, 1.165) is 24.9 Å². The van der Waals surface area contributed by atoms with Crippen LogP contribution in [0.25, 0.3) is 0 Å². The summed E-state index contributed by atoms with van der Waals surface area (Å²) in [6, 6.07) is 19.6. The molecule has 2 aromatic carbocycles. The van der Waals surface area contributed by atoms with Crippen LogP contribution in [-0.2, 0) is 13.0 Å². The minimum Gasteiger partial charge on any atom is -0.369 e. The fourth-order valence-corrected chi connectivity index (χ4v) is 2.58. The summed E-state index contributed by atoms with van der Waals surface area (Å²) >= 11 is 0. The fourth-order valence-electron chi connectivity index (χ4n) is 2.58. The predicted octanol–water partition coefficient (Wildman–Crippen LogP) is 3.59. The molecule has 27 heavy (non-hydrogen) atoms. The van der Waals surface area contributed by atoms with Crippen molar-refractivity contribution in [1.82, 2.24) is 15.5 Å². The number of nitrogens with zero attached hydrogens (tertiary/aromatic N) is 2. The van der Waals surface area contributed by atoms with Gasteiger partial charge in [0.1, 0.15) is 11.6 Å². The number of hydrogen-bond donors (Lipinski definition) is 2. The van der Waals surface area contributed by atoms with E-state index in [1.807, 2.05) is 18.2 Å². The summed E-state index contributed by atoms with van der Waals surface area (Å²) in [6.45, 7) is 1.08. The number of halogens is 1. The second-order valence-electron chi connectivity index (χ2n) is 6.13. The summed E-state index contributed by atoms with van der Waals surface area (Å²) in [5.74, 6) is 0.0170. The molecule has 138 valence electrons. The molecule has 1 heterocycles. The van der Waals surface area contributed by atoms with Crippen molar-refractivity contribution in [1.29, 1.82) is 0 Å². The Hall–Kier alpha value is -3.28. The molecule has 0 aliphatic heterocycles. The fraction of sp³-hybridized carbons (Fsp3) is 0.190. The van der Waals surface area contributed by atoms with Crippen molar-refractivity contribution in [2.45, 2.75) is 19.4 Å². The Kier molecular flexibility index (Phi) is 6.46. The molecule has 0 unspecified atom stereocenters.